The Bertz CT molecular complexity index is 1150. The minimum atomic E-state index is -0.941. The number of para-hydroxylation sites is 3. The van der Waals surface area contributed by atoms with E-state index >= 15 is 0 Å². The number of aliphatic carboxylic acids is 1. The summed E-state index contributed by atoms with van der Waals surface area (Å²) < 4.78 is 13.3. The fourth-order valence-corrected chi connectivity index (χ4v) is 3.31. The fourth-order valence-electron chi connectivity index (χ4n) is 3.31. The number of fused-ring (bicyclic) bond motifs is 1. The third kappa shape index (κ3) is 3.78. The molecule has 6 heteroatoms. The van der Waals surface area contributed by atoms with Gasteiger partial charge in [0, 0.05) is 0 Å². The van der Waals surface area contributed by atoms with Gasteiger partial charge in [0.1, 0.15) is 19.0 Å². The van der Waals surface area contributed by atoms with Crippen LogP contribution < -0.4 is 9.47 Å². The van der Waals surface area contributed by atoms with E-state index in [4.69, 9.17) is 14.5 Å². The number of hydrogen-bond acceptors (Lipinski definition) is 4. The van der Waals surface area contributed by atoms with E-state index in [2.05, 4.69) is 0 Å². The van der Waals surface area contributed by atoms with Gasteiger partial charge in [-0.05, 0) is 29.8 Å². The molecule has 3 aromatic carbocycles. The molecule has 146 valence electrons. The molecule has 0 saturated carbocycles. The Morgan fingerprint density at radius 3 is 2.52 bits per heavy atom. The summed E-state index contributed by atoms with van der Waals surface area (Å²) in [5.74, 6) is 0.674. The molecule has 0 aliphatic heterocycles. The van der Waals surface area contributed by atoms with Gasteiger partial charge in [-0.2, -0.15) is 0 Å². The summed E-state index contributed by atoms with van der Waals surface area (Å²) >= 11 is 0. The lowest BCUT2D eigenvalue weighted by atomic mass is 10.1. The molecule has 0 radical (unpaired) electrons. The summed E-state index contributed by atoms with van der Waals surface area (Å²) in [7, 11) is 1.58. The molecule has 0 saturated heterocycles. The lowest BCUT2D eigenvalue weighted by molar-refractivity contribution is -0.137. The fraction of sp³-hybridized carbons (Fsp3) is 0.130. The van der Waals surface area contributed by atoms with Crippen molar-refractivity contribution < 1.29 is 19.4 Å². The molecule has 0 amide bonds. The normalized spacial score (nSPS) is 10.8. The average molecular weight is 388 g/mol. The van der Waals surface area contributed by atoms with E-state index in [1.165, 1.54) is 0 Å². The largest absolute Gasteiger partial charge is 0.493 e. The van der Waals surface area contributed by atoms with Gasteiger partial charge in [-0.1, -0.05) is 48.5 Å². The van der Waals surface area contributed by atoms with E-state index < -0.39 is 5.97 Å². The Morgan fingerprint density at radius 2 is 1.76 bits per heavy atom. The van der Waals surface area contributed by atoms with Crippen molar-refractivity contribution in [1.29, 1.82) is 0 Å². The molecule has 4 aromatic rings. The third-order valence-corrected chi connectivity index (χ3v) is 4.61. The van der Waals surface area contributed by atoms with Crippen LogP contribution in [0.4, 0.5) is 0 Å². The number of methoxy groups -OCH3 is 1. The van der Waals surface area contributed by atoms with E-state index in [1.54, 1.807) is 11.7 Å². The molecule has 4 rings (SSSR count). The predicted molar refractivity (Wildman–Crippen MR) is 110 cm³/mol. The summed E-state index contributed by atoms with van der Waals surface area (Å²) in [5.41, 5.74) is 3.17. The first-order valence-electron chi connectivity index (χ1n) is 9.18. The maximum atomic E-state index is 11.5. The van der Waals surface area contributed by atoms with Gasteiger partial charge < -0.3 is 19.1 Å². The highest BCUT2D eigenvalue weighted by molar-refractivity contribution is 5.84. The van der Waals surface area contributed by atoms with E-state index in [0.29, 0.717) is 29.5 Å². The SMILES string of the molecule is COc1cccc(-c2nc3ccccc3n2CC(=O)O)c1OCc1ccccc1. The van der Waals surface area contributed by atoms with Crippen LogP contribution in [-0.4, -0.2) is 27.7 Å². The zero-order valence-electron chi connectivity index (χ0n) is 15.9. The van der Waals surface area contributed by atoms with Crippen LogP contribution in [-0.2, 0) is 17.9 Å². The minimum Gasteiger partial charge on any atom is -0.493 e. The topological polar surface area (TPSA) is 73.6 Å². The van der Waals surface area contributed by atoms with E-state index in [-0.39, 0.29) is 6.54 Å². The van der Waals surface area contributed by atoms with Crippen molar-refractivity contribution in [3.63, 3.8) is 0 Å². The molecule has 6 nitrogen and oxygen atoms in total. The third-order valence-electron chi connectivity index (χ3n) is 4.61. The highest BCUT2D eigenvalue weighted by Crippen LogP contribution is 2.39. The number of carboxylic acids is 1. The smallest absolute Gasteiger partial charge is 0.323 e. The number of aromatic nitrogens is 2. The summed E-state index contributed by atoms with van der Waals surface area (Å²) in [5, 5.41) is 9.43. The van der Waals surface area contributed by atoms with Crippen molar-refractivity contribution in [3.8, 4) is 22.9 Å². The van der Waals surface area contributed by atoms with Gasteiger partial charge in [-0.15, -0.1) is 0 Å². The lowest BCUT2D eigenvalue weighted by Crippen LogP contribution is -2.10. The Kier molecular flexibility index (Phi) is 5.16. The number of hydrogen-bond donors (Lipinski definition) is 1. The first-order valence-corrected chi connectivity index (χ1v) is 9.18. The molecule has 1 N–H and O–H groups in total. The molecule has 0 unspecified atom stereocenters. The predicted octanol–water partition coefficient (Wildman–Crippen LogP) is 4.38. The van der Waals surface area contributed by atoms with E-state index in [9.17, 15) is 9.90 Å². The van der Waals surface area contributed by atoms with Crippen LogP contribution in [0.2, 0.25) is 0 Å². The highest BCUT2D eigenvalue weighted by Gasteiger charge is 2.20. The number of rotatable bonds is 7. The quantitative estimate of drug-likeness (QED) is 0.509. The number of ether oxygens (including phenoxy) is 2. The molecule has 1 aromatic heterocycles. The first kappa shape index (κ1) is 18.6. The van der Waals surface area contributed by atoms with Gasteiger partial charge in [0.25, 0.3) is 0 Å². The number of carbonyl (C=O) groups is 1. The average Bonchev–Trinajstić information content (AvgIpc) is 3.10. The number of nitrogens with zero attached hydrogens (tertiary/aromatic N) is 2. The van der Waals surface area contributed by atoms with Crippen LogP contribution in [0.1, 0.15) is 5.56 Å². The lowest BCUT2D eigenvalue weighted by Gasteiger charge is -2.16. The number of carboxylic acid groups (broad SMARTS) is 1. The Morgan fingerprint density at radius 1 is 1.00 bits per heavy atom. The monoisotopic (exact) mass is 388 g/mol. The van der Waals surface area contributed by atoms with Crippen molar-refractivity contribution in [3.05, 3.63) is 78.4 Å². The van der Waals surface area contributed by atoms with Gasteiger partial charge in [0.2, 0.25) is 0 Å². The van der Waals surface area contributed by atoms with Crippen molar-refractivity contribution in [2.75, 3.05) is 7.11 Å². The van der Waals surface area contributed by atoms with Crippen molar-refractivity contribution in [1.82, 2.24) is 9.55 Å². The van der Waals surface area contributed by atoms with Crippen LogP contribution in [0.25, 0.3) is 22.4 Å². The molecule has 0 atom stereocenters. The van der Waals surface area contributed by atoms with Crippen molar-refractivity contribution in [2.45, 2.75) is 13.2 Å². The van der Waals surface area contributed by atoms with Crippen molar-refractivity contribution >= 4 is 17.0 Å². The first-order chi connectivity index (χ1) is 14.2. The molecule has 0 bridgehead atoms. The summed E-state index contributed by atoms with van der Waals surface area (Å²) in [4.78, 5) is 16.2. The molecule has 1 heterocycles. The van der Waals surface area contributed by atoms with Crippen LogP contribution >= 0.6 is 0 Å². The van der Waals surface area contributed by atoms with Crippen molar-refractivity contribution in [2.24, 2.45) is 0 Å². The second kappa shape index (κ2) is 8.06. The van der Waals surface area contributed by atoms with Gasteiger partial charge in [-0.3, -0.25) is 4.79 Å². The zero-order chi connectivity index (χ0) is 20.2. The van der Waals surface area contributed by atoms with Gasteiger partial charge in [0.15, 0.2) is 11.5 Å². The minimum absolute atomic E-state index is 0.203. The van der Waals surface area contributed by atoms with Gasteiger partial charge in [0.05, 0.1) is 23.7 Å². The summed E-state index contributed by atoms with van der Waals surface area (Å²) in [6.45, 7) is 0.151. The van der Waals surface area contributed by atoms with E-state index in [1.807, 2.05) is 72.8 Å². The zero-order valence-corrected chi connectivity index (χ0v) is 15.9. The van der Waals surface area contributed by atoms with E-state index in [0.717, 1.165) is 16.6 Å². The van der Waals surface area contributed by atoms with Crippen LogP contribution in [0, 0.1) is 0 Å². The molecular weight excluding hydrogens is 368 g/mol. The van der Waals surface area contributed by atoms with Gasteiger partial charge >= 0.3 is 5.97 Å². The molecule has 0 spiro atoms. The van der Waals surface area contributed by atoms with Crippen LogP contribution in [0.15, 0.2) is 72.8 Å². The second-order valence-corrected chi connectivity index (χ2v) is 6.52. The number of imidazole rings is 1. The van der Waals surface area contributed by atoms with Crippen LogP contribution in [0.3, 0.4) is 0 Å². The molecule has 0 aliphatic carbocycles. The Hall–Kier alpha value is -3.80. The molecule has 29 heavy (non-hydrogen) atoms. The molecular formula is C23H20N2O4. The standard InChI is InChI=1S/C23H20N2O4/c1-28-20-13-7-10-17(22(20)29-15-16-8-3-2-4-9-16)23-24-18-11-5-6-12-19(18)25(23)14-21(26)27/h2-13H,14-15H2,1H3,(H,26,27). The Labute approximate surface area is 168 Å². The van der Waals surface area contributed by atoms with Crippen LogP contribution in [0.5, 0.6) is 11.5 Å². The molecule has 0 aliphatic rings. The molecule has 0 fully saturated rings. The maximum Gasteiger partial charge on any atom is 0.323 e. The second-order valence-electron chi connectivity index (χ2n) is 6.52. The Balaban J connectivity index is 1.83. The summed E-state index contributed by atoms with van der Waals surface area (Å²) in [6, 6.07) is 22.8. The van der Waals surface area contributed by atoms with Gasteiger partial charge in [-0.25, -0.2) is 4.98 Å². The maximum absolute atomic E-state index is 11.5. The highest BCUT2D eigenvalue weighted by atomic mass is 16.5. The summed E-state index contributed by atoms with van der Waals surface area (Å²) in [6.07, 6.45) is 0. The number of benzene rings is 3.